The molecule has 0 aromatic heterocycles. The number of ether oxygens (including phenoxy) is 1. The second-order valence-corrected chi connectivity index (χ2v) is 9.89. The fourth-order valence-corrected chi connectivity index (χ4v) is 3.90. The Morgan fingerprint density at radius 2 is 1.84 bits per heavy atom. The zero-order valence-corrected chi connectivity index (χ0v) is 20.5. The van der Waals surface area contributed by atoms with Gasteiger partial charge >= 0.3 is 6.09 Å². The van der Waals surface area contributed by atoms with Crippen LogP contribution in [0.4, 0.5) is 4.79 Å². The molecule has 4 atom stereocenters. The Morgan fingerprint density at radius 1 is 1.22 bits per heavy atom. The summed E-state index contributed by atoms with van der Waals surface area (Å²) in [5.41, 5.74) is 1.09. The number of aryl methyl sites for hydroxylation is 1. The highest BCUT2D eigenvalue weighted by molar-refractivity contribution is 5.91. The Morgan fingerprint density at radius 3 is 2.38 bits per heavy atom. The van der Waals surface area contributed by atoms with Crippen molar-refractivity contribution in [3.05, 3.63) is 35.4 Å². The van der Waals surface area contributed by atoms with Gasteiger partial charge in [-0.15, -0.1) is 0 Å². The number of rotatable bonds is 9. The van der Waals surface area contributed by atoms with Crippen LogP contribution < -0.4 is 10.6 Å². The summed E-state index contributed by atoms with van der Waals surface area (Å²) in [5.74, 6) is -0.186. The van der Waals surface area contributed by atoms with Crippen LogP contribution in [0.2, 0.25) is 0 Å². The van der Waals surface area contributed by atoms with Gasteiger partial charge in [0.15, 0.2) is 0 Å². The van der Waals surface area contributed by atoms with Gasteiger partial charge in [-0.05, 0) is 64.5 Å². The van der Waals surface area contributed by atoms with Crippen molar-refractivity contribution in [2.24, 2.45) is 5.92 Å². The molecular formula is C25H39N3O4. The molecule has 0 aliphatic heterocycles. The van der Waals surface area contributed by atoms with E-state index in [1.165, 1.54) is 0 Å². The first kappa shape index (κ1) is 25.7. The van der Waals surface area contributed by atoms with Crippen molar-refractivity contribution in [3.8, 4) is 0 Å². The summed E-state index contributed by atoms with van der Waals surface area (Å²) in [7, 11) is 0. The van der Waals surface area contributed by atoms with Crippen LogP contribution in [0.5, 0.6) is 0 Å². The molecule has 1 fully saturated rings. The largest absolute Gasteiger partial charge is 0.444 e. The SMILES string of the molecule is CCCC(C)NC(=O)C(c1ccccc1C)N(C(=O)CNC(=O)OC(C)(C)C)C1CC1C. The lowest BCUT2D eigenvalue weighted by Crippen LogP contribution is -2.50. The summed E-state index contributed by atoms with van der Waals surface area (Å²) >= 11 is 0. The Bertz CT molecular complexity index is 818. The van der Waals surface area contributed by atoms with Gasteiger partial charge in [-0.3, -0.25) is 9.59 Å². The second-order valence-electron chi connectivity index (χ2n) is 9.89. The van der Waals surface area contributed by atoms with Crippen LogP contribution in [0.1, 0.15) is 78.0 Å². The number of hydrogen-bond donors (Lipinski definition) is 2. The van der Waals surface area contributed by atoms with Gasteiger partial charge in [-0.25, -0.2) is 4.79 Å². The number of nitrogens with one attached hydrogen (secondary N) is 2. The van der Waals surface area contributed by atoms with E-state index in [2.05, 4.69) is 24.5 Å². The quantitative estimate of drug-likeness (QED) is 0.599. The van der Waals surface area contributed by atoms with Crippen LogP contribution in [0, 0.1) is 12.8 Å². The molecule has 178 valence electrons. The number of hydrogen-bond acceptors (Lipinski definition) is 4. The lowest BCUT2D eigenvalue weighted by atomic mass is 9.98. The van der Waals surface area contributed by atoms with E-state index < -0.39 is 17.7 Å². The smallest absolute Gasteiger partial charge is 0.408 e. The molecule has 7 nitrogen and oxygen atoms in total. The van der Waals surface area contributed by atoms with Gasteiger partial charge < -0.3 is 20.3 Å². The van der Waals surface area contributed by atoms with Gasteiger partial charge in [0.2, 0.25) is 11.8 Å². The van der Waals surface area contributed by atoms with Crippen LogP contribution in [-0.4, -0.2) is 47.0 Å². The van der Waals surface area contributed by atoms with Crippen LogP contribution in [0.25, 0.3) is 0 Å². The Labute approximate surface area is 192 Å². The van der Waals surface area contributed by atoms with Gasteiger partial charge in [0.05, 0.1) is 0 Å². The lowest BCUT2D eigenvalue weighted by Gasteiger charge is -2.33. The highest BCUT2D eigenvalue weighted by atomic mass is 16.6. The summed E-state index contributed by atoms with van der Waals surface area (Å²) in [6.45, 7) is 13.1. The average Bonchev–Trinajstić information content (AvgIpc) is 3.39. The van der Waals surface area contributed by atoms with Gasteiger partial charge in [0.25, 0.3) is 0 Å². The summed E-state index contributed by atoms with van der Waals surface area (Å²) in [6, 6.07) is 6.87. The standard InChI is InChI=1S/C25H39N3O4/c1-8-11-18(4)27-23(30)22(19-13-10-9-12-16(19)2)28(20-14-17(20)3)21(29)15-26-24(31)32-25(5,6)7/h9-10,12-13,17-18,20,22H,8,11,14-15H2,1-7H3,(H,26,31)(H,27,30). The molecule has 4 unspecified atom stereocenters. The number of nitrogens with zero attached hydrogens (tertiary/aromatic N) is 1. The number of benzene rings is 1. The minimum absolute atomic E-state index is 0.00693. The first-order valence-corrected chi connectivity index (χ1v) is 11.6. The third-order valence-corrected chi connectivity index (χ3v) is 5.62. The Balaban J connectivity index is 2.31. The third kappa shape index (κ3) is 7.24. The van der Waals surface area contributed by atoms with Crippen LogP contribution >= 0.6 is 0 Å². The minimum Gasteiger partial charge on any atom is -0.444 e. The van der Waals surface area contributed by atoms with Crippen molar-refractivity contribution in [1.29, 1.82) is 0 Å². The van der Waals surface area contributed by atoms with Gasteiger partial charge in [-0.2, -0.15) is 0 Å². The number of alkyl carbamates (subject to hydrolysis) is 1. The van der Waals surface area contributed by atoms with E-state index in [-0.39, 0.29) is 30.4 Å². The van der Waals surface area contributed by atoms with E-state index in [0.717, 1.165) is 30.4 Å². The van der Waals surface area contributed by atoms with Crippen LogP contribution in [-0.2, 0) is 14.3 Å². The maximum Gasteiger partial charge on any atom is 0.408 e. The molecule has 3 amide bonds. The van der Waals surface area contributed by atoms with E-state index >= 15 is 0 Å². The Kier molecular flexibility index (Phi) is 8.70. The number of carbonyl (C=O) groups is 3. The maximum atomic E-state index is 13.5. The zero-order chi connectivity index (χ0) is 24.1. The first-order chi connectivity index (χ1) is 14.9. The van der Waals surface area contributed by atoms with E-state index in [1.54, 1.807) is 25.7 Å². The van der Waals surface area contributed by atoms with Crippen molar-refractivity contribution in [2.45, 2.75) is 91.5 Å². The fourth-order valence-electron chi connectivity index (χ4n) is 3.90. The highest BCUT2D eigenvalue weighted by Gasteiger charge is 2.46. The van der Waals surface area contributed by atoms with Gasteiger partial charge in [0, 0.05) is 12.1 Å². The molecule has 2 rings (SSSR count). The summed E-state index contributed by atoms with van der Waals surface area (Å²) in [4.78, 5) is 40.6. The van der Waals surface area contributed by atoms with E-state index in [4.69, 9.17) is 4.74 Å². The van der Waals surface area contributed by atoms with Crippen molar-refractivity contribution in [2.75, 3.05) is 6.54 Å². The van der Waals surface area contributed by atoms with Crippen molar-refractivity contribution in [3.63, 3.8) is 0 Å². The minimum atomic E-state index is -0.751. The van der Waals surface area contributed by atoms with Crippen molar-refractivity contribution >= 4 is 17.9 Å². The zero-order valence-electron chi connectivity index (χ0n) is 20.5. The predicted octanol–water partition coefficient (Wildman–Crippen LogP) is 4.10. The van der Waals surface area contributed by atoms with Gasteiger partial charge in [0.1, 0.15) is 18.2 Å². The molecule has 2 N–H and O–H groups in total. The monoisotopic (exact) mass is 445 g/mol. The van der Waals surface area contributed by atoms with Crippen LogP contribution in [0.3, 0.4) is 0 Å². The summed E-state index contributed by atoms with van der Waals surface area (Å²) in [5, 5.41) is 5.64. The van der Waals surface area contributed by atoms with Gasteiger partial charge in [-0.1, -0.05) is 44.5 Å². The molecule has 1 aliphatic carbocycles. The molecule has 1 aliphatic rings. The van der Waals surface area contributed by atoms with E-state index in [9.17, 15) is 14.4 Å². The molecular weight excluding hydrogens is 406 g/mol. The Hall–Kier alpha value is -2.57. The molecule has 0 bridgehead atoms. The number of carbonyl (C=O) groups excluding carboxylic acids is 3. The maximum absolute atomic E-state index is 13.5. The molecule has 0 spiro atoms. The number of amides is 3. The molecule has 1 aromatic carbocycles. The molecule has 0 heterocycles. The molecule has 1 saturated carbocycles. The lowest BCUT2D eigenvalue weighted by molar-refractivity contribution is -0.141. The fraction of sp³-hybridized carbons (Fsp3) is 0.640. The predicted molar refractivity (Wildman–Crippen MR) is 125 cm³/mol. The third-order valence-electron chi connectivity index (χ3n) is 5.62. The molecule has 7 heteroatoms. The molecule has 0 radical (unpaired) electrons. The molecule has 0 saturated heterocycles. The van der Waals surface area contributed by atoms with Crippen LogP contribution in [0.15, 0.2) is 24.3 Å². The average molecular weight is 446 g/mol. The normalized spacial score (nSPS) is 19.5. The topological polar surface area (TPSA) is 87.7 Å². The second kappa shape index (κ2) is 10.8. The molecule has 1 aromatic rings. The molecule has 32 heavy (non-hydrogen) atoms. The van der Waals surface area contributed by atoms with Crippen molar-refractivity contribution in [1.82, 2.24) is 15.5 Å². The van der Waals surface area contributed by atoms with E-state index in [1.807, 2.05) is 38.1 Å². The summed E-state index contributed by atoms with van der Waals surface area (Å²) in [6.07, 6.45) is 2.00. The van der Waals surface area contributed by atoms with E-state index in [0.29, 0.717) is 5.92 Å². The first-order valence-electron chi connectivity index (χ1n) is 11.6. The summed E-state index contributed by atoms with van der Waals surface area (Å²) < 4.78 is 5.26. The van der Waals surface area contributed by atoms with Crippen molar-refractivity contribution < 1.29 is 19.1 Å². The highest BCUT2D eigenvalue weighted by Crippen LogP contribution is 2.40.